The van der Waals surface area contributed by atoms with E-state index in [1.54, 1.807) is 48.5 Å². The maximum Gasteiger partial charge on any atom is 0.243 e. The number of nitrogens with zero attached hydrogens (tertiary/aromatic N) is 1. The third-order valence-electron chi connectivity index (χ3n) is 4.23. The smallest absolute Gasteiger partial charge is 0.243 e. The zero-order chi connectivity index (χ0) is 20.9. The molecule has 1 amide bonds. The van der Waals surface area contributed by atoms with Gasteiger partial charge in [0.05, 0.1) is 17.1 Å². The molecule has 6 nitrogen and oxygen atoms in total. The number of nitrogens with one attached hydrogen (secondary N) is 1. The van der Waals surface area contributed by atoms with Crippen LogP contribution in [0.5, 0.6) is 11.5 Å². The Morgan fingerprint density at radius 3 is 2.24 bits per heavy atom. The summed E-state index contributed by atoms with van der Waals surface area (Å²) in [6.07, 6.45) is 0. The second-order valence-electron chi connectivity index (χ2n) is 6.53. The maximum absolute atomic E-state index is 12.7. The van der Waals surface area contributed by atoms with Crippen LogP contribution in [0.15, 0.2) is 83.8 Å². The van der Waals surface area contributed by atoms with E-state index < -0.39 is 15.9 Å². The average molecular weight is 410 g/mol. The van der Waals surface area contributed by atoms with E-state index in [-0.39, 0.29) is 11.4 Å². The minimum absolute atomic E-state index is 0.145. The molecule has 3 aromatic carbocycles. The number of carbonyl (C=O) groups is 1. The number of rotatable bonds is 7. The Balaban J connectivity index is 1.70. The second kappa shape index (κ2) is 8.89. The summed E-state index contributed by atoms with van der Waals surface area (Å²) >= 11 is 0. The second-order valence-corrected chi connectivity index (χ2v) is 8.58. The minimum Gasteiger partial charge on any atom is -0.455 e. The summed E-state index contributed by atoms with van der Waals surface area (Å²) in [7, 11) is -2.38. The van der Waals surface area contributed by atoms with E-state index in [4.69, 9.17) is 4.74 Å². The van der Waals surface area contributed by atoms with E-state index in [1.807, 2.05) is 25.1 Å². The number of likely N-dealkylation sites (N-methyl/N-ethyl adjacent to an activating group) is 1. The monoisotopic (exact) mass is 410 g/mol. The molecule has 1 N–H and O–H groups in total. The van der Waals surface area contributed by atoms with E-state index in [9.17, 15) is 13.2 Å². The zero-order valence-corrected chi connectivity index (χ0v) is 17.0. The number of hydrogen-bond acceptors (Lipinski definition) is 4. The lowest BCUT2D eigenvalue weighted by Gasteiger charge is -2.18. The predicted molar refractivity (Wildman–Crippen MR) is 113 cm³/mol. The predicted octanol–water partition coefficient (Wildman–Crippen LogP) is 4.05. The Hall–Kier alpha value is -3.16. The van der Waals surface area contributed by atoms with E-state index in [0.29, 0.717) is 17.2 Å². The molecule has 3 aromatic rings. The van der Waals surface area contributed by atoms with Crippen LogP contribution >= 0.6 is 0 Å². The summed E-state index contributed by atoms with van der Waals surface area (Å²) in [5, 5.41) is 2.72. The van der Waals surface area contributed by atoms with E-state index >= 15 is 0 Å². The molecule has 0 saturated carbocycles. The summed E-state index contributed by atoms with van der Waals surface area (Å²) < 4.78 is 32.2. The Morgan fingerprint density at radius 1 is 0.931 bits per heavy atom. The van der Waals surface area contributed by atoms with Crippen LogP contribution in [0, 0.1) is 6.92 Å². The topological polar surface area (TPSA) is 75.7 Å². The Kier molecular flexibility index (Phi) is 6.31. The number of anilines is 1. The largest absolute Gasteiger partial charge is 0.455 e. The zero-order valence-electron chi connectivity index (χ0n) is 16.2. The molecule has 3 rings (SSSR count). The van der Waals surface area contributed by atoms with Crippen molar-refractivity contribution in [2.45, 2.75) is 11.8 Å². The Bertz CT molecular complexity index is 1080. The molecule has 0 aliphatic carbocycles. The average Bonchev–Trinajstić information content (AvgIpc) is 2.70. The number of hydrogen-bond donors (Lipinski definition) is 1. The van der Waals surface area contributed by atoms with Gasteiger partial charge in [-0.3, -0.25) is 4.79 Å². The molecule has 7 heteroatoms. The Labute approximate surface area is 170 Å². The molecule has 0 saturated heterocycles. The van der Waals surface area contributed by atoms with Crippen LogP contribution in [0.1, 0.15) is 5.56 Å². The van der Waals surface area contributed by atoms with Crippen LogP contribution in [-0.2, 0) is 14.8 Å². The lowest BCUT2D eigenvalue weighted by Crippen LogP contribution is -2.35. The molecule has 0 heterocycles. The molecule has 0 aliphatic rings. The fraction of sp³-hybridized carbons (Fsp3) is 0.136. The van der Waals surface area contributed by atoms with Gasteiger partial charge >= 0.3 is 0 Å². The molecule has 0 unspecified atom stereocenters. The van der Waals surface area contributed by atoms with Crippen molar-refractivity contribution in [2.24, 2.45) is 0 Å². The fourth-order valence-corrected chi connectivity index (χ4v) is 3.77. The Morgan fingerprint density at radius 2 is 1.55 bits per heavy atom. The number of sulfonamides is 1. The molecule has 0 radical (unpaired) electrons. The summed E-state index contributed by atoms with van der Waals surface area (Å²) in [6, 6.07) is 22.7. The van der Waals surface area contributed by atoms with Gasteiger partial charge in [-0.05, 0) is 43.3 Å². The van der Waals surface area contributed by atoms with Gasteiger partial charge in [0.25, 0.3) is 0 Å². The van der Waals surface area contributed by atoms with Gasteiger partial charge in [-0.15, -0.1) is 0 Å². The van der Waals surface area contributed by atoms with Crippen molar-refractivity contribution in [3.63, 3.8) is 0 Å². The summed E-state index contributed by atoms with van der Waals surface area (Å²) in [6.45, 7) is 1.55. The maximum atomic E-state index is 12.7. The fourth-order valence-electron chi connectivity index (χ4n) is 2.64. The highest BCUT2D eigenvalue weighted by Crippen LogP contribution is 2.29. The molecule has 0 bridgehead atoms. The number of benzene rings is 3. The number of amides is 1. The van der Waals surface area contributed by atoms with Crippen molar-refractivity contribution in [1.29, 1.82) is 0 Å². The third-order valence-corrected chi connectivity index (χ3v) is 6.05. The van der Waals surface area contributed by atoms with Gasteiger partial charge in [-0.2, -0.15) is 4.31 Å². The molecule has 0 aliphatic heterocycles. The number of para-hydroxylation sites is 3. The van der Waals surface area contributed by atoms with E-state index in [1.165, 1.54) is 19.2 Å². The molecule has 150 valence electrons. The first kappa shape index (κ1) is 20.6. The first-order chi connectivity index (χ1) is 13.9. The number of carbonyl (C=O) groups excluding carboxylic acids is 1. The van der Waals surface area contributed by atoms with Crippen molar-refractivity contribution in [3.05, 3.63) is 84.4 Å². The molecule has 29 heavy (non-hydrogen) atoms. The lowest BCUT2D eigenvalue weighted by atomic mass is 10.2. The highest BCUT2D eigenvalue weighted by molar-refractivity contribution is 7.89. The van der Waals surface area contributed by atoms with Gasteiger partial charge in [0.1, 0.15) is 5.75 Å². The summed E-state index contributed by atoms with van der Waals surface area (Å²) in [4.78, 5) is 12.6. The molecular formula is C22H22N2O4S. The van der Waals surface area contributed by atoms with Crippen LogP contribution in [-0.4, -0.2) is 32.2 Å². The number of aryl methyl sites for hydroxylation is 1. The van der Waals surface area contributed by atoms with Gasteiger partial charge in [-0.1, -0.05) is 48.0 Å². The van der Waals surface area contributed by atoms with E-state index in [0.717, 1.165) is 9.87 Å². The van der Waals surface area contributed by atoms with Gasteiger partial charge in [-0.25, -0.2) is 8.42 Å². The van der Waals surface area contributed by atoms with Crippen molar-refractivity contribution >= 4 is 21.6 Å². The molecule has 0 spiro atoms. The normalized spacial score (nSPS) is 11.3. The van der Waals surface area contributed by atoms with Gasteiger partial charge < -0.3 is 10.1 Å². The third kappa shape index (κ3) is 5.22. The highest BCUT2D eigenvalue weighted by atomic mass is 32.2. The highest BCUT2D eigenvalue weighted by Gasteiger charge is 2.23. The van der Waals surface area contributed by atoms with Crippen LogP contribution in [0.2, 0.25) is 0 Å². The van der Waals surface area contributed by atoms with Crippen LogP contribution < -0.4 is 10.1 Å². The van der Waals surface area contributed by atoms with Gasteiger partial charge in [0, 0.05) is 7.05 Å². The minimum atomic E-state index is -3.76. The summed E-state index contributed by atoms with van der Waals surface area (Å²) in [5.41, 5.74) is 1.42. The summed E-state index contributed by atoms with van der Waals surface area (Å²) in [5.74, 6) is 0.636. The van der Waals surface area contributed by atoms with Crippen LogP contribution in [0.25, 0.3) is 0 Å². The molecule has 0 aromatic heterocycles. The SMILES string of the molecule is Cc1ccc(S(=O)(=O)N(C)CC(=O)Nc2ccccc2Oc2ccccc2)cc1. The lowest BCUT2D eigenvalue weighted by molar-refractivity contribution is -0.116. The molecule has 0 fully saturated rings. The van der Waals surface area contributed by atoms with Crippen LogP contribution in [0.3, 0.4) is 0 Å². The van der Waals surface area contributed by atoms with Crippen molar-refractivity contribution < 1.29 is 17.9 Å². The van der Waals surface area contributed by atoms with Crippen molar-refractivity contribution in [2.75, 3.05) is 18.9 Å². The first-order valence-electron chi connectivity index (χ1n) is 9.01. The van der Waals surface area contributed by atoms with Crippen molar-refractivity contribution in [1.82, 2.24) is 4.31 Å². The first-order valence-corrected chi connectivity index (χ1v) is 10.4. The van der Waals surface area contributed by atoms with Crippen molar-refractivity contribution in [3.8, 4) is 11.5 Å². The van der Waals surface area contributed by atoms with Gasteiger partial charge in [0.15, 0.2) is 5.75 Å². The van der Waals surface area contributed by atoms with E-state index in [2.05, 4.69) is 5.32 Å². The van der Waals surface area contributed by atoms with Crippen LogP contribution in [0.4, 0.5) is 5.69 Å². The molecule has 0 atom stereocenters. The molecular weight excluding hydrogens is 388 g/mol. The standard InChI is InChI=1S/C22H22N2O4S/c1-17-12-14-19(15-13-17)29(26,27)24(2)16-22(25)23-20-10-6-7-11-21(20)28-18-8-4-3-5-9-18/h3-15H,16H2,1-2H3,(H,23,25). The number of ether oxygens (including phenoxy) is 1. The van der Waals surface area contributed by atoms with Gasteiger partial charge in [0.2, 0.25) is 15.9 Å². The quantitative estimate of drug-likeness (QED) is 0.638.